The molecule has 0 heterocycles. The molecular weight excluding hydrogens is 294 g/mol. The Hall–Kier alpha value is 0.233. The third-order valence-electron chi connectivity index (χ3n) is 2.71. The van der Waals surface area contributed by atoms with Gasteiger partial charge < -0.3 is 13.8 Å². The van der Waals surface area contributed by atoms with Gasteiger partial charge in [-0.1, -0.05) is 78.1 Å². The summed E-state index contributed by atoms with van der Waals surface area (Å²) in [6.45, 7) is 18.5. The first-order valence-corrected chi connectivity index (χ1v) is 8.23. The van der Waals surface area contributed by atoms with Crippen molar-refractivity contribution in [2.24, 2.45) is 0 Å². The molecule has 20 heavy (non-hydrogen) atoms. The van der Waals surface area contributed by atoms with E-state index in [4.69, 9.17) is 0 Å². The number of allylic oxidation sites excluding steroid dienone is 1. The van der Waals surface area contributed by atoms with Crippen LogP contribution in [0.4, 0.5) is 0 Å². The van der Waals surface area contributed by atoms with Gasteiger partial charge in [0.25, 0.3) is 0 Å². The second-order valence-electron chi connectivity index (χ2n) is 4.82. The predicted molar refractivity (Wildman–Crippen MR) is 93.0 cm³/mol. The van der Waals surface area contributed by atoms with Crippen LogP contribution in [0.25, 0.3) is 0 Å². The maximum absolute atomic E-state index is 3.78. The van der Waals surface area contributed by atoms with Crippen LogP contribution in [0.3, 0.4) is 0 Å². The van der Waals surface area contributed by atoms with Gasteiger partial charge in [-0.25, -0.2) is 19.6 Å². The Kier molecular flexibility index (Phi) is 51.9. The first-order valence-electron chi connectivity index (χ1n) is 8.23. The van der Waals surface area contributed by atoms with Gasteiger partial charge in [0.1, 0.15) is 0 Å². The fraction of sp³-hybridized carbons (Fsp3) is 0.737. The van der Waals surface area contributed by atoms with Crippen LogP contribution in [0, 0.1) is 20.8 Å². The number of hydrogen-bond donors (Lipinski definition) is 0. The zero-order valence-corrected chi connectivity index (χ0v) is 17.6. The van der Waals surface area contributed by atoms with Crippen LogP contribution in [-0.4, -0.2) is 0 Å². The van der Waals surface area contributed by atoms with Crippen molar-refractivity contribution < 1.29 is 19.5 Å². The maximum Gasteiger partial charge on any atom is 0 e. The van der Waals surface area contributed by atoms with Crippen LogP contribution in [-0.2, 0) is 19.5 Å². The Labute approximate surface area is 144 Å². The third kappa shape index (κ3) is 51.7. The molecule has 0 aliphatic carbocycles. The monoisotopic (exact) mass is 331 g/mol. The van der Waals surface area contributed by atoms with Crippen LogP contribution < -0.4 is 0 Å². The van der Waals surface area contributed by atoms with Crippen molar-refractivity contribution in [2.45, 2.75) is 90.9 Å². The maximum atomic E-state index is 3.78. The molecular formula is C19H39Zn-3. The average molecular weight is 333 g/mol. The van der Waals surface area contributed by atoms with Crippen molar-refractivity contribution in [2.75, 3.05) is 0 Å². The van der Waals surface area contributed by atoms with Gasteiger partial charge in [0.05, 0.1) is 0 Å². The molecule has 0 aliphatic heterocycles. The van der Waals surface area contributed by atoms with Crippen LogP contribution >= 0.6 is 0 Å². The minimum absolute atomic E-state index is 0. The van der Waals surface area contributed by atoms with E-state index in [1.165, 1.54) is 70.3 Å². The molecule has 0 bridgehead atoms. The molecule has 0 aromatic carbocycles. The SMILES string of the molecule is C=C[CH2-].[CH2-]CCCCCCC.[CH2-]CCCCCCC.[Zn]. The number of rotatable bonds is 10. The zero-order valence-electron chi connectivity index (χ0n) is 14.6. The summed E-state index contributed by atoms with van der Waals surface area (Å²) < 4.78 is 0. The molecule has 0 atom stereocenters. The van der Waals surface area contributed by atoms with E-state index in [1.54, 1.807) is 0 Å². The van der Waals surface area contributed by atoms with E-state index >= 15 is 0 Å². The minimum atomic E-state index is 0. The molecule has 0 fully saturated rings. The fourth-order valence-electron chi connectivity index (χ4n) is 1.56. The van der Waals surface area contributed by atoms with E-state index in [2.05, 4.69) is 41.2 Å². The third-order valence-corrected chi connectivity index (χ3v) is 2.71. The molecule has 0 aromatic rings. The Balaban J connectivity index is -0.000000103. The van der Waals surface area contributed by atoms with Gasteiger partial charge in [-0.3, -0.25) is 0 Å². The molecule has 120 valence electrons. The van der Waals surface area contributed by atoms with Gasteiger partial charge in [0, 0.05) is 19.5 Å². The molecule has 0 saturated carbocycles. The number of hydrogen-bond acceptors (Lipinski definition) is 0. The first kappa shape index (κ1) is 28.4. The summed E-state index contributed by atoms with van der Waals surface area (Å²) in [5, 5.41) is 0. The molecule has 0 aromatic heterocycles. The molecule has 1 heteroatoms. The zero-order chi connectivity index (χ0) is 15.2. The van der Waals surface area contributed by atoms with Gasteiger partial charge in [-0.2, -0.15) is 12.8 Å². The summed E-state index contributed by atoms with van der Waals surface area (Å²) >= 11 is 0. The van der Waals surface area contributed by atoms with E-state index in [1.807, 2.05) is 0 Å². The molecule has 0 spiro atoms. The van der Waals surface area contributed by atoms with E-state index in [9.17, 15) is 0 Å². The van der Waals surface area contributed by atoms with Gasteiger partial charge in [0.15, 0.2) is 0 Å². The Morgan fingerprint density at radius 3 is 1.15 bits per heavy atom. The average Bonchev–Trinajstić information content (AvgIpc) is 2.42. The first-order chi connectivity index (χ1) is 9.24. The molecule has 0 nitrogen and oxygen atoms in total. The van der Waals surface area contributed by atoms with Gasteiger partial charge in [-0.05, 0) is 0 Å². The van der Waals surface area contributed by atoms with Crippen molar-refractivity contribution >= 4 is 0 Å². The molecule has 0 saturated heterocycles. The van der Waals surface area contributed by atoms with Crippen LogP contribution in [0.15, 0.2) is 12.7 Å². The summed E-state index contributed by atoms with van der Waals surface area (Å²) in [7, 11) is 0. The second kappa shape index (κ2) is 36.5. The molecule has 0 rings (SSSR count). The summed E-state index contributed by atoms with van der Waals surface area (Å²) in [4.78, 5) is 0. The Morgan fingerprint density at radius 2 is 0.950 bits per heavy atom. The van der Waals surface area contributed by atoms with Crippen LogP contribution in [0.5, 0.6) is 0 Å². The van der Waals surface area contributed by atoms with Crippen LogP contribution in [0.1, 0.15) is 90.9 Å². The van der Waals surface area contributed by atoms with Crippen molar-refractivity contribution in [1.82, 2.24) is 0 Å². The second-order valence-corrected chi connectivity index (χ2v) is 4.82. The standard InChI is InChI=1S/2C8H17.C3H5.Zn/c2*1-3-5-7-8-6-4-2;1-3-2;/h2*1,3-8H2,2H3;3H,1-2H2;/q3*-1;. The number of unbranched alkanes of at least 4 members (excludes halogenated alkanes) is 10. The topological polar surface area (TPSA) is 0 Å². The smallest absolute Gasteiger partial charge is 0 e. The normalized spacial score (nSPS) is 8.40. The van der Waals surface area contributed by atoms with Gasteiger partial charge >= 0.3 is 0 Å². The summed E-state index contributed by atoms with van der Waals surface area (Å²) in [5.74, 6) is 0. The molecule has 0 unspecified atom stereocenters. The predicted octanol–water partition coefficient (Wildman–Crippen LogP) is 7.37. The largest absolute Gasteiger partial charge is 0.343 e. The Morgan fingerprint density at radius 1 is 0.700 bits per heavy atom. The van der Waals surface area contributed by atoms with Gasteiger partial charge in [0.2, 0.25) is 0 Å². The van der Waals surface area contributed by atoms with Crippen molar-refractivity contribution in [1.29, 1.82) is 0 Å². The summed E-state index contributed by atoms with van der Waals surface area (Å²) in [5.41, 5.74) is 0. The minimum Gasteiger partial charge on any atom is -0.343 e. The van der Waals surface area contributed by atoms with Crippen LogP contribution in [0.2, 0.25) is 0 Å². The van der Waals surface area contributed by atoms with Gasteiger partial charge in [-0.15, -0.1) is 0 Å². The van der Waals surface area contributed by atoms with Crippen molar-refractivity contribution in [3.05, 3.63) is 33.4 Å². The van der Waals surface area contributed by atoms with E-state index in [0.29, 0.717) is 0 Å². The fourth-order valence-corrected chi connectivity index (χ4v) is 1.56. The molecule has 0 aliphatic rings. The molecule has 0 N–H and O–H groups in total. The van der Waals surface area contributed by atoms with E-state index in [-0.39, 0.29) is 19.5 Å². The van der Waals surface area contributed by atoms with Crippen molar-refractivity contribution in [3.63, 3.8) is 0 Å². The molecule has 0 radical (unpaired) electrons. The quantitative estimate of drug-likeness (QED) is 0.222. The summed E-state index contributed by atoms with van der Waals surface area (Å²) in [6.07, 6.45) is 17.5. The summed E-state index contributed by atoms with van der Waals surface area (Å²) in [6, 6.07) is 0. The molecule has 0 amide bonds. The van der Waals surface area contributed by atoms with E-state index < -0.39 is 0 Å². The van der Waals surface area contributed by atoms with Crippen molar-refractivity contribution in [3.8, 4) is 0 Å². The Bertz CT molecular complexity index is 96.9. The van der Waals surface area contributed by atoms with E-state index in [0.717, 1.165) is 12.8 Å².